The maximum Gasteiger partial charge on any atom is 0.262 e. The molecule has 2 aromatic rings. The van der Waals surface area contributed by atoms with Crippen molar-refractivity contribution in [1.29, 1.82) is 0 Å². The molecule has 0 spiro atoms. The molecule has 26 heavy (non-hydrogen) atoms. The second-order valence-electron chi connectivity index (χ2n) is 6.08. The predicted octanol–water partition coefficient (Wildman–Crippen LogP) is 3.65. The number of halogens is 1. The summed E-state index contributed by atoms with van der Waals surface area (Å²) in [6, 6.07) is 11.0. The second-order valence-corrected chi connectivity index (χ2v) is 6.46. The van der Waals surface area contributed by atoms with Crippen LogP contribution < -0.4 is 15.4 Å². The van der Waals surface area contributed by atoms with Crippen LogP contribution in [-0.4, -0.2) is 25.5 Å². The largest absolute Gasteiger partial charge is 0.484 e. The maximum absolute atomic E-state index is 12.0. The van der Waals surface area contributed by atoms with E-state index in [0.717, 1.165) is 16.7 Å². The van der Waals surface area contributed by atoms with E-state index in [1.165, 1.54) is 0 Å². The summed E-state index contributed by atoms with van der Waals surface area (Å²) < 4.78 is 5.54. The van der Waals surface area contributed by atoms with Gasteiger partial charge in [0.1, 0.15) is 5.75 Å². The van der Waals surface area contributed by atoms with Crippen molar-refractivity contribution in [3.05, 3.63) is 58.1 Å². The number of ether oxygens (including phenoxy) is 1. The number of carbonyl (C=O) groups is 2. The minimum Gasteiger partial charge on any atom is -0.484 e. The topological polar surface area (TPSA) is 67.4 Å². The van der Waals surface area contributed by atoms with E-state index >= 15 is 0 Å². The SMILES string of the molecule is CNC(=O)CCc1ccc(NC(=O)COc2cc(C)c(Cl)c(C)c2)cc1. The average Bonchev–Trinajstić information content (AvgIpc) is 2.63. The van der Waals surface area contributed by atoms with E-state index in [1.807, 2.05) is 50.2 Å². The molecule has 0 fully saturated rings. The molecule has 0 radical (unpaired) electrons. The third kappa shape index (κ3) is 5.77. The molecule has 2 amide bonds. The number of carbonyl (C=O) groups excluding carboxylic acids is 2. The van der Waals surface area contributed by atoms with Crippen molar-refractivity contribution < 1.29 is 14.3 Å². The van der Waals surface area contributed by atoms with Gasteiger partial charge in [0.15, 0.2) is 6.61 Å². The Hall–Kier alpha value is -2.53. The molecule has 0 aliphatic rings. The van der Waals surface area contributed by atoms with Gasteiger partial charge in [0.25, 0.3) is 5.91 Å². The summed E-state index contributed by atoms with van der Waals surface area (Å²) in [5.41, 5.74) is 3.55. The molecule has 0 atom stereocenters. The Balaban J connectivity index is 1.85. The number of anilines is 1. The molecule has 2 N–H and O–H groups in total. The van der Waals surface area contributed by atoms with Gasteiger partial charge in [-0.2, -0.15) is 0 Å². The Labute approximate surface area is 158 Å². The third-order valence-corrected chi connectivity index (χ3v) is 4.53. The molecule has 0 aliphatic heterocycles. The zero-order valence-corrected chi connectivity index (χ0v) is 15.9. The molecule has 0 saturated heterocycles. The van der Waals surface area contributed by atoms with Gasteiger partial charge in [0, 0.05) is 24.2 Å². The standard InChI is InChI=1S/C20H23ClN2O3/c1-13-10-17(11-14(2)20(13)21)26-12-19(25)23-16-7-4-15(5-8-16)6-9-18(24)22-3/h4-5,7-8,10-11H,6,9,12H2,1-3H3,(H,22,24)(H,23,25). The van der Waals surface area contributed by atoms with Crippen molar-refractivity contribution in [3.8, 4) is 5.75 Å². The number of hydrogen-bond acceptors (Lipinski definition) is 3. The van der Waals surface area contributed by atoms with Crippen molar-refractivity contribution in [2.24, 2.45) is 0 Å². The van der Waals surface area contributed by atoms with E-state index in [1.54, 1.807) is 7.05 Å². The summed E-state index contributed by atoms with van der Waals surface area (Å²) in [6.45, 7) is 3.71. The summed E-state index contributed by atoms with van der Waals surface area (Å²) in [5, 5.41) is 6.09. The Kier molecular flexibility index (Phi) is 7.04. The van der Waals surface area contributed by atoms with Crippen LogP contribution in [0.3, 0.4) is 0 Å². The smallest absolute Gasteiger partial charge is 0.262 e. The monoisotopic (exact) mass is 374 g/mol. The van der Waals surface area contributed by atoms with Crippen molar-refractivity contribution in [2.45, 2.75) is 26.7 Å². The van der Waals surface area contributed by atoms with Crippen LogP contribution in [0.1, 0.15) is 23.1 Å². The highest BCUT2D eigenvalue weighted by molar-refractivity contribution is 6.32. The van der Waals surface area contributed by atoms with E-state index < -0.39 is 0 Å². The quantitative estimate of drug-likeness (QED) is 0.777. The van der Waals surface area contributed by atoms with Crippen LogP contribution in [0.15, 0.2) is 36.4 Å². The van der Waals surface area contributed by atoms with Gasteiger partial charge in [-0.25, -0.2) is 0 Å². The van der Waals surface area contributed by atoms with Gasteiger partial charge in [-0.1, -0.05) is 23.7 Å². The number of benzene rings is 2. The van der Waals surface area contributed by atoms with E-state index in [9.17, 15) is 9.59 Å². The highest BCUT2D eigenvalue weighted by Gasteiger charge is 2.07. The summed E-state index contributed by atoms with van der Waals surface area (Å²) in [6.07, 6.45) is 1.10. The Morgan fingerprint density at radius 2 is 1.65 bits per heavy atom. The lowest BCUT2D eigenvalue weighted by Crippen LogP contribution is -2.20. The molecule has 0 saturated carbocycles. The highest BCUT2D eigenvalue weighted by Crippen LogP contribution is 2.25. The molecular formula is C20H23ClN2O3. The fourth-order valence-electron chi connectivity index (χ4n) is 2.47. The molecule has 0 aliphatic carbocycles. The van der Waals surface area contributed by atoms with Gasteiger partial charge in [0.2, 0.25) is 5.91 Å². The minimum absolute atomic E-state index is 0.00667. The first-order chi connectivity index (χ1) is 12.4. The van der Waals surface area contributed by atoms with Crippen LogP contribution in [0.5, 0.6) is 5.75 Å². The lowest BCUT2D eigenvalue weighted by Gasteiger charge is -2.10. The number of nitrogens with one attached hydrogen (secondary N) is 2. The van der Waals surface area contributed by atoms with Crippen LogP contribution in [-0.2, 0) is 16.0 Å². The lowest BCUT2D eigenvalue weighted by molar-refractivity contribution is -0.120. The van der Waals surface area contributed by atoms with E-state index in [2.05, 4.69) is 10.6 Å². The summed E-state index contributed by atoms with van der Waals surface area (Å²) in [4.78, 5) is 23.3. The number of amides is 2. The Morgan fingerprint density at radius 1 is 1.04 bits per heavy atom. The van der Waals surface area contributed by atoms with Crippen molar-refractivity contribution in [1.82, 2.24) is 5.32 Å². The average molecular weight is 375 g/mol. The fourth-order valence-corrected chi connectivity index (χ4v) is 2.58. The van der Waals surface area contributed by atoms with Crippen LogP contribution in [0.4, 0.5) is 5.69 Å². The van der Waals surface area contributed by atoms with Gasteiger partial charge in [0.05, 0.1) is 0 Å². The molecule has 6 heteroatoms. The van der Waals surface area contributed by atoms with E-state index in [0.29, 0.717) is 29.3 Å². The second kappa shape index (κ2) is 9.25. The Bertz CT molecular complexity index is 765. The normalized spacial score (nSPS) is 10.3. The molecule has 0 unspecified atom stereocenters. The van der Waals surface area contributed by atoms with Crippen LogP contribution in [0, 0.1) is 13.8 Å². The number of rotatable bonds is 7. The van der Waals surface area contributed by atoms with Gasteiger partial charge in [-0.15, -0.1) is 0 Å². The predicted molar refractivity (Wildman–Crippen MR) is 104 cm³/mol. The van der Waals surface area contributed by atoms with Gasteiger partial charge < -0.3 is 15.4 Å². The molecule has 0 bridgehead atoms. The van der Waals surface area contributed by atoms with Gasteiger partial charge in [-0.05, 0) is 61.2 Å². The third-order valence-electron chi connectivity index (χ3n) is 3.94. The zero-order valence-electron chi connectivity index (χ0n) is 15.2. The zero-order chi connectivity index (χ0) is 19.1. The molecule has 138 valence electrons. The highest BCUT2D eigenvalue weighted by atomic mass is 35.5. The van der Waals surface area contributed by atoms with E-state index in [4.69, 9.17) is 16.3 Å². The lowest BCUT2D eigenvalue weighted by atomic mass is 10.1. The van der Waals surface area contributed by atoms with Crippen LogP contribution in [0.25, 0.3) is 0 Å². The van der Waals surface area contributed by atoms with Gasteiger partial charge in [-0.3, -0.25) is 9.59 Å². The summed E-state index contributed by atoms with van der Waals surface area (Å²) >= 11 is 6.12. The van der Waals surface area contributed by atoms with Crippen molar-refractivity contribution in [2.75, 3.05) is 19.0 Å². The molecule has 2 aromatic carbocycles. The number of hydrogen-bond donors (Lipinski definition) is 2. The Morgan fingerprint density at radius 3 is 2.23 bits per heavy atom. The maximum atomic E-state index is 12.0. The molecule has 5 nitrogen and oxygen atoms in total. The first-order valence-corrected chi connectivity index (χ1v) is 8.75. The molecule has 0 aromatic heterocycles. The summed E-state index contributed by atoms with van der Waals surface area (Å²) in [5.74, 6) is 0.379. The fraction of sp³-hybridized carbons (Fsp3) is 0.300. The van der Waals surface area contributed by atoms with Crippen molar-refractivity contribution >= 4 is 29.1 Å². The van der Waals surface area contributed by atoms with Crippen molar-refractivity contribution in [3.63, 3.8) is 0 Å². The number of aryl methyl sites for hydroxylation is 3. The van der Waals surface area contributed by atoms with E-state index in [-0.39, 0.29) is 18.4 Å². The van der Waals surface area contributed by atoms with Crippen LogP contribution in [0.2, 0.25) is 5.02 Å². The first kappa shape index (κ1) is 19.8. The van der Waals surface area contributed by atoms with Crippen LogP contribution >= 0.6 is 11.6 Å². The van der Waals surface area contributed by atoms with Gasteiger partial charge >= 0.3 is 0 Å². The molecular weight excluding hydrogens is 352 g/mol. The molecule has 0 heterocycles. The summed E-state index contributed by atoms with van der Waals surface area (Å²) in [7, 11) is 1.62. The first-order valence-electron chi connectivity index (χ1n) is 8.38. The molecule has 2 rings (SSSR count). The minimum atomic E-state index is -0.242.